The molecule has 2 aromatic carbocycles. The van der Waals surface area contributed by atoms with Crippen molar-refractivity contribution in [3.63, 3.8) is 0 Å². The second-order valence-electron chi connectivity index (χ2n) is 7.26. The van der Waals surface area contributed by atoms with Crippen molar-refractivity contribution in [1.29, 1.82) is 0 Å². The van der Waals surface area contributed by atoms with Crippen LogP contribution in [0.25, 0.3) is 0 Å². The minimum Gasteiger partial charge on any atom is -0.392 e. The number of fused-ring (bicyclic) bond motifs is 2. The molecule has 29 heavy (non-hydrogen) atoms. The van der Waals surface area contributed by atoms with E-state index in [1.807, 2.05) is 0 Å². The van der Waals surface area contributed by atoms with Crippen LogP contribution in [0, 0.1) is 15.9 Å². The van der Waals surface area contributed by atoms with Crippen LogP contribution in [0.1, 0.15) is 24.0 Å². The Hall–Kier alpha value is -2.26. The van der Waals surface area contributed by atoms with Crippen molar-refractivity contribution in [3.8, 4) is 0 Å². The minimum absolute atomic E-state index is 0.0761. The molecule has 7 nitrogen and oxygen atoms in total. The lowest BCUT2D eigenvalue weighted by atomic mass is 9.74. The summed E-state index contributed by atoms with van der Waals surface area (Å²) in [6.45, 7) is 1.38. The SMILES string of the molecule is C[C@@H](O)C1N[C@@]2(C(=O)Nc3cc(Cl)ccc32)[C@@H](c2cccc(Cl)c2F)[C@@H]1[N+](=O)[O-]. The van der Waals surface area contributed by atoms with Gasteiger partial charge < -0.3 is 10.4 Å². The molecule has 2 aliphatic rings. The molecule has 4 rings (SSSR count). The summed E-state index contributed by atoms with van der Waals surface area (Å²) in [5.74, 6) is -2.69. The van der Waals surface area contributed by atoms with Crippen molar-refractivity contribution in [1.82, 2.24) is 5.32 Å². The zero-order valence-electron chi connectivity index (χ0n) is 15.0. The minimum atomic E-state index is -1.68. The van der Waals surface area contributed by atoms with E-state index in [1.165, 1.54) is 31.2 Å². The Morgan fingerprint density at radius 1 is 1.31 bits per heavy atom. The first-order valence-electron chi connectivity index (χ1n) is 8.83. The molecule has 1 saturated heterocycles. The van der Waals surface area contributed by atoms with Crippen LogP contribution in [0.4, 0.5) is 10.1 Å². The Morgan fingerprint density at radius 3 is 2.69 bits per heavy atom. The topological polar surface area (TPSA) is 104 Å². The van der Waals surface area contributed by atoms with E-state index in [9.17, 15) is 20.0 Å². The lowest BCUT2D eigenvalue weighted by molar-refractivity contribution is -0.528. The van der Waals surface area contributed by atoms with Gasteiger partial charge in [-0.1, -0.05) is 41.4 Å². The van der Waals surface area contributed by atoms with Crippen molar-refractivity contribution in [2.24, 2.45) is 0 Å². The molecule has 0 saturated carbocycles. The fourth-order valence-corrected chi connectivity index (χ4v) is 4.85. The molecule has 3 N–H and O–H groups in total. The van der Waals surface area contributed by atoms with E-state index in [0.717, 1.165) is 0 Å². The molecular weight excluding hydrogens is 424 g/mol. The van der Waals surface area contributed by atoms with E-state index < -0.39 is 46.3 Å². The largest absolute Gasteiger partial charge is 0.392 e. The number of hydrogen-bond acceptors (Lipinski definition) is 5. The van der Waals surface area contributed by atoms with Gasteiger partial charge in [0.25, 0.3) is 0 Å². The molecule has 2 aromatic rings. The summed E-state index contributed by atoms with van der Waals surface area (Å²) in [6.07, 6.45) is -1.18. The number of hydrogen-bond donors (Lipinski definition) is 3. The highest BCUT2D eigenvalue weighted by Crippen LogP contribution is 2.53. The van der Waals surface area contributed by atoms with E-state index in [-0.39, 0.29) is 10.6 Å². The molecule has 10 heteroatoms. The number of nitrogens with zero attached hydrogens (tertiary/aromatic N) is 1. The summed E-state index contributed by atoms with van der Waals surface area (Å²) >= 11 is 12.0. The summed E-state index contributed by atoms with van der Waals surface area (Å²) in [6, 6.07) is 6.20. The van der Waals surface area contributed by atoms with Gasteiger partial charge in [0.15, 0.2) is 0 Å². The molecule has 0 aromatic heterocycles. The number of aliphatic hydroxyl groups is 1. The normalized spacial score (nSPS) is 29.0. The smallest absolute Gasteiger partial charge is 0.250 e. The van der Waals surface area contributed by atoms with Gasteiger partial charge in [0.05, 0.1) is 17.0 Å². The number of rotatable bonds is 3. The van der Waals surface area contributed by atoms with Gasteiger partial charge >= 0.3 is 0 Å². The first kappa shape index (κ1) is 20.0. The fraction of sp³-hybridized carbons (Fsp3) is 0.316. The van der Waals surface area contributed by atoms with Gasteiger partial charge in [0.1, 0.15) is 17.4 Å². The lowest BCUT2D eigenvalue weighted by Gasteiger charge is -2.30. The molecule has 1 spiro atoms. The second kappa shape index (κ2) is 6.91. The summed E-state index contributed by atoms with van der Waals surface area (Å²) in [7, 11) is 0. The number of aliphatic hydroxyl groups excluding tert-OH is 1. The molecule has 2 aliphatic heterocycles. The predicted molar refractivity (Wildman–Crippen MR) is 105 cm³/mol. The standard InChI is InChI=1S/C19H16Cl2FN3O4/c1-8(26)16-17(25(28)29)14(10-3-2-4-12(21)15(10)22)19(24-16)11-6-5-9(20)7-13(11)23-18(19)27/h2-8,14,16-17,24,26H,1H3,(H,23,27)/t8-,14+,16?,17+,19-/m1/s1. The third kappa shape index (κ3) is 2.82. The van der Waals surface area contributed by atoms with Crippen molar-refractivity contribution >= 4 is 34.8 Å². The van der Waals surface area contributed by atoms with Crippen molar-refractivity contribution in [3.05, 3.63) is 73.5 Å². The van der Waals surface area contributed by atoms with Crippen molar-refractivity contribution in [2.45, 2.75) is 36.6 Å². The Bertz CT molecular complexity index is 1030. The molecular formula is C19H16Cl2FN3O4. The Morgan fingerprint density at radius 2 is 2.03 bits per heavy atom. The maximum Gasteiger partial charge on any atom is 0.250 e. The van der Waals surface area contributed by atoms with Crippen LogP contribution in [0.2, 0.25) is 10.0 Å². The van der Waals surface area contributed by atoms with E-state index in [0.29, 0.717) is 16.3 Å². The quantitative estimate of drug-likeness (QED) is 0.503. The average Bonchev–Trinajstić information content (AvgIpc) is 3.14. The van der Waals surface area contributed by atoms with Gasteiger partial charge in [-0.05, 0) is 25.1 Å². The first-order valence-corrected chi connectivity index (χ1v) is 9.58. The molecule has 1 amide bonds. The van der Waals surface area contributed by atoms with Gasteiger partial charge in [-0.3, -0.25) is 20.2 Å². The molecule has 1 unspecified atom stereocenters. The highest BCUT2D eigenvalue weighted by atomic mass is 35.5. The molecule has 5 atom stereocenters. The number of anilines is 1. The van der Waals surface area contributed by atoms with Crippen LogP contribution in [0.5, 0.6) is 0 Å². The number of nitro groups is 1. The molecule has 1 fully saturated rings. The maximum absolute atomic E-state index is 15.0. The third-order valence-electron chi connectivity index (χ3n) is 5.66. The second-order valence-corrected chi connectivity index (χ2v) is 8.10. The average molecular weight is 440 g/mol. The van der Waals surface area contributed by atoms with Crippen LogP contribution in [0.15, 0.2) is 36.4 Å². The number of carbonyl (C=O) groups excluding carboxylic acids is 1. The van der Waals surface area contributed by atoms with Gasteiger partial charge in [-0.15, -0.1) is 0 Å². The Kier molecular flexibility index (Phi) is 4.77. The molecule has 0 aliphatic carbocycles. The molecule has 0 radical (unpaired) electrons. The van der Waals surface area contributed by atoms with E-state index in [4.69, 9.17) is 23.2 Å². The summed E-state index contributed by atoms with van der Waals surface area (Å²) in [5.41, 5.74) is -0.986. The van der Waals surface area contributed by atoms with Gasteiger partial charge in [0, 0.05) is 26.8 Å². The van der Waals surface area contributed by atoms with Crippen LogP contribution in [-0.4, -0.2) is 34.1 Å². The van der Waals surface area contributed by atoms with Gasteiger partial charge in [-0.2, -0.15) is 0 Å². The summed E-state index contributed by atoms with van der Waals surface area (Å²) in [5, 5.41) is 28.1. The van der Waals surface area contributed by atoms with Crippen LogP contribution in [-0.2, 0) is 10.3 Å². The number of carbonyl (C=O) groups is 1. The third-order valence-corrected chi connectivity index (χ3v) is 6.19. The van der Waals surface area contributed by atoms with Crippen molar-refractivity contribution in [2.75, 3.05) is 5.32 Å². The van der Waals surface area contributed by atoms with Gasteiger partial charge in [-0.25, -0.2) is 4.39 Å². The van der Waals surface area contributed by atoms with Crippen LogP contribution in [0.3, 0.4) is 0 Å². The Labute approximate surface area is 175 Å². The highest BCUT2D eigenvalue weighted by Gasteiger charge is 2.68. The summed E-state index contributed by atoms with van der Waals surface area (Å²) < 4.78 is 15.0. The first-order chi connectivity index (χ1) is 13.7. The number of amides is 1. The molecule has 152 valence electrons. The van der Waals surface area contributed by atoms with E-state index in [2.05, 4.69) is 10.6 Å². The van der Waals surface area contributed by atoms with E-state index in [1.54, 1.807) is 12.1 Å². The number of halogens is 3. The van der Waals surface area contributed by atoms with E-state index >= 15 is 4.39 Å². The monoisotopic (exact) mass is 439 g/mol. The predicted octanol–water partition coefficient (Wildman–Crippen LogP) is 3.06. The highest BCUT2D eigenvalue weighted by molar-refractivity contribution is 6.31. The van der Waals surface area contributed by atoms with Gasteiger partial charge in [0.2, 0.25) is 11.9 Å². The van der Waals surface area contributed by atoms with Crippen molar-refractivity contribution < 1.29 is 19.2 Å². The Balaban J connectivity index is 2.03. The number of nitrogens with one attached hydrogen (secondary N) is 2. The molecule has 2 heterocycles. The zero-order valence-corrected chi connectivity index (χ0v) is 16.5. The van der Waals surface area contributed by atoms with Crippen LogP contribution < -0.4 is 10.6 Å². The lowest BCUT2D eigenvalue weighted by Crippen LogP contribution is -2.51. The fourth-order valence-electron chi connectivity index (χ4n) is 4.50. The summed E-state index contributed by atoms with van der Waals surface area (Å²) in [4.78, 5) is 24.7. The number of benzene rings is 2. The van der Waals surface area contributed by atoms with Crippen LogP contribution >= 0.6 is 23.2 Å². The molecule has 0 bridgehead atoms. The zero-order chi connectivity index (χ0) is 21.1. The maximum atomic E-state index is 15.0.